The lowest BCUT2D eigenvalue weighted by molar-refractivity contribution is 0.0950. The zero-order valence-corrected chi connectivity index (χ0v) is 18.9. The Labute approximate surface area is 188 Å². The van der Waals surface area contributed by atoms with Gasteiger partial charge in [0.1, 0.15) is 11.5 Å². The van der Waals surface area contributed by atoms with Gasteiger partial charge in [0.05, 0.1) is 12.4 Å². The van der Waals surface area contributed by atoms with E-state index in [1.165, 1.54) is 0 Å². The smallest absolute Gasteiger partial charge is 0.251 e. The third kappa shape index (κ3) is 7.09. The van der Waals surface area contributed by atoms with Crippen LogP contribution in [0.3, 0.4) is 0 Å². The normalized spacial score (nSPS) is 11.1. The molecule has 3 rings (SSSR count). The molecule has 0 spiro atoms. The number of nitrogens with one attached hydrogen (secondary N) is 1. The van der Waals surface area contributed by atoms with Gasteiger partial charge in [-0.25, -0.2) is 13.4 Å². The average Bonchev–Trinajstić information content (AvgIpc) is 2.77. The number of carbonyl (C=O) groups is 1. The summed E-state index contributed by atoms with van der Waals surface area (Å²) in [4.78, 5) is 16.9. The van der Waals surface area contributed by atoms with Crippen molar-refractivity contribution in [2.75, 3.05) is 12.9 Å². The van der Waals surface area contributed by atoms with Crippen molar-refractivity contribution in [3.8, 4) is 17.4 Å². The molecule has 0 unspecified atom stereocenters. The van der Waals surface area contributed by atoms with E-state index in [-0.39, 0.29) is 18.2 Å². The van der Waals surface area contributed by atoms with Crippen molar-refractivity contribution in [1.29, 1.82) is 0 Å². The van der Waals surface area contributed by atoms with Crippen molar-refractivity contribution < 1.29 is 22.7 Å². The van der Waals surface area contributed by atoms with Crippen LogP contribution >= 0.6 is 0 Å². The third-order valence-electron chi connectivity index (χ3n) is 4.42. The molecule has 7 nitrogen and oxygen atoms in total. The molecular formula is C24H26N2O5S. The summed E-state index contributed by atoms with van der Waals surface area (Å²) in [6.45, 7) is 2.91. The highest BCUT2D eigenvalue weighted by molar-refractivity contribution is 7.89. The van der Waals surface area contributed by atoms with Gasteiger partial charge in [0.2, 0.25) is 5.88 Å². The van der Waals surface area contributed by atoms with Gasteiger partial charge in [-0.2, -0.15) is 0 Å². The maximum absolute atomic E-state index is 12.6. The minimum Gasteiger partial charge on any atom is -0.494 e. The summed E-state index contributed by atoms with van der Waals surface area (Å²) in [7, 11) is -3.18. The molecular weight excluding hydrogens is 428 g/mol. The lowest BCUT2D eigenvalue weighted by Gasteiger charge is -2.12. The van der Waals surface area contributed by atoms with Gasteiger partial charge >= 0.3 is 0 Å². The molecule has 3 aromatic rings. The first-order chi connectivity index (χ1) is 15.3. The number of rotatable bonds is 10. The van der Waals surface area contributed by atoms with Crippen molar-refractivity contribution in [3.05, 3.63) is 83.6 Å². The first-order valence-corrected chi connectivity index (χ1v) is 12.3. The molecule has 0 fully saturated rings. The molecule has 1 aromatic heterocycles. The average molecular weight is 455 g/mol. The molecule has 0 aliphatic rings. The fourth-order valence-corrected chi connectivity index (χ4v) is 3.75. The van der Waals surface area contributed by atoms with Crippen molar-refractivity contribution >= 4 is 15.7 Å². The molecule has 8 heteroatoms. The van der Waals surface area contributed by atoms with Crippen molar-refractivity contribution in [2.45, 2.75) is 25.6 Å². The summed E-state index contributed by atoms with van der Waals surface area (Å²) in [5.74, 6) is 1.34. The van der Waals surface area contributed by atoms with Crippen molar-refractivity contribution in [1.82, 2.24) is 10.3 Å². The van der Waals surface area contributed by atoms with Crippen LogP contribution in [0.4, 0.5) is 0 Å². The Balaban J connectivity index is 1.65. The lowest BCUT2D eigenvalue weighted by Crippen LogP contribution is -2.23. The number of amides is 1. The van der Waals surface area contributed by atoms with Crippen molar-refractivity contribution in [2.24, 2.45) is 0 Å². The number of aromatic nitrogens is 1. The van der Waals surface area contributed by atoms with E-state index in [1.54, 1.807) is 48.7 Å². The Morgan fingerprint density at radius 2 is 1.78 bits per heavy atom. The fourth-order valence-electron chi connectivity index (χ4n) is 2.97. The van der Waals surface area contributed by atoms with Gasteiger partial charge < -0.3 is 14.8 Å². The quantitative estimate of drug-likeness (QED) is 0.495. The molecule has 2 aromatic carbocycles. The van der Waals surface area contributed by atoms with Gasteiger partial charge in [0.25, 0.3) is 5.91 Å². The fraction of sp³-hybridized carbons (Fsp3) is 0.250. The second-order valence-electron chi connectivity index (χ2n) is 7.34. The van der Waals surface area contributed by atoms with Gasteiger partial charge in [-0.3, -0.25) is 4.79 Å². The van der Waals surface area contributed by atoms with E-state index in [9.17, 15) is 13.2 Å². The SMILES string of the molecule is CCCOc1ccc(Oc2ncccc2CNC(=O)c2cccc(CS(C)(=O)=O)c2)cc1. The van der Waals surface area contributed by atoms with E-state index in [1.807, 2.05) is 25.1 Å². The van der Waals surface area contributed by atoms with Crippen LogP contribution in [0.25, 0.3) is 0 Å². The molecule has 0 bridgehead atoms. The van der Waals surface area contributed by atoms with Gasteiger partial charge in [-0.1, -0.05) is 25.1 Å². The van der Waals surface area contributed by atoms with Crippen LogP contribution in [0.15, 0.2) is 66.9 Å². The first kappa shape index (κ1) is 23.3. The molecule has 1 heterocycles. The molecule has 0 radical (unpaired) electrons. The summed E-state index contributed by atoms with van der Waals surface area (Å²) < 4.78 is 34.5. The predicted molar refractivity (Wildman–Crippen MR) is 123 cm³/mol. The standard InChI is InChI=1S/C24H26N2O5S/c1-3-14-30-21-9-11-22(12-10-21)31-24-20(8-5-13-25-24)16-26-23(27)19-7-4-6-18(15-19)17-32(2,28)29/h4-13,15H,3,14,16-17H2,1-2H3,(H,26,27). The van der Waals surface area contributed by atoms with Crippen LogP contribution in [-0.4, -0.2) is 32.2 Å². The van der Waals surface area contributed by atoms with E-state index in [2.05, 4.69) is 10.3 Å². The molecule has 1 N–H and O–H groups in total. The first-order valence-electron chi connectivity index (χ1n) is 10.2. The number of hydrogen-bond donors (Lipinski definition) is 1. The predicted octanol–water partition coefficient (Wildman–Crippen LogP) is 4.14. The monoisotopic (exact) mass is 454 g/mol. The highest BCUT2D eigenvalue weighted by atomic mass is 32.2. The largest absolute Gasteiger partial charge is 0.494 e. The molecule has 0 saturated heterocycles. The lowest BCUT2D eigenvalue weighted by atomic mass is 10.1. The number of hydrogen-bond acceptors (Lipinski definition) is 6. The highest BCUT2D eigenvalue weighted by Crippen LogP contribution is 2.25. The van der Waals surface area contributed by atoms with Gasteiger partial charge in [-0.05, 0) is 54.4 Å². The Morgan fingerprint density at radius 3 is 2.50 bits per heavy atom. The summed E-state index contributed by atoms with van der Waals surface area (Å²) >= 11 is 0. The molecule has 0 atom stereocenters. The van der Waals surface area contributed by atoms with Crippen LogP contribution in [0, 0.1) is 0 Å². The third-order valence-corrected chi connectivity index (χ3v) is 5.28. The highest BCUT2D eigenvalue weighted by Gasteiger charge is 2.12. The zero-order valence-electron chi connectivity index (χ0n) is 18.1. The van der Waals surface area contributed by atoms with Crippen LogP contribution in [0.1, 0.15) is 34.8 Å². The Kier molecular flexibility index (Phi) is 7.83. The van der Waals surface area contributed by atoms with Crippen LogP contribution < -0.4 is 14.8 Å². The molecule has 168 valence electrons. The summed E-state index contributed by atoms with van der Waals surface area (Å²) in [5, 5.41) is 2.84. The number of sulfone groups is 1. The number of benzene rings is 2. The zero-order chi connectivity index (χ0) is 23.0. The van der Waals surface area contributed by atoms with E-state index in [0.29, 0.717) is 34.9 Å². The second kappa shape index (κ2) is 10.8. The number of ether oxygens (including phenoxy) is 2. The number of nitrogens with zero attached hydrogens (tertiary/aromatic N) is 1. The van der Waals surface area contributed by atoms with Gasteiger partial charge in [-0.15, -0.1) is 0 Å². The second-order valence-corrected chi connectivity index (χ2v) is 9.48. The van der Waals surface area contributed by atoms with E-state index in [4.69, 9.17) is 9.47 Å². The summed E-state index contributed by atoms with van der Waals surface area (Å²) in [6, 6.07) is 17.4. The molecule has 32 heavy (non-hydrogen) atoms. The minimum absolute atomic E-state index is 0.114. The van der Waals surface area contributed by atoms with E-state index >= 15 is 0 Å². The Hall–Kier alpha value is -3.39. The Bertz CT molecular complexity index is 1160. The Morgan fingerprint density at radius 1 is 1.03 bits per heavy atom. The minimum atomic E-state index is -3.18. The maximum Gasteiger partial charge on any atom is 0.251 e. The summed E-state index contributed by atoms with van der Waals surface area (Å²) in [5.41, 5.74) is 1.66. The molecule has 1 amide bonds. The number of pyridine rings is 1. The van der Waals surface area contributed by atoms with Gasteiger partial charge in [0.15, 0.2) is 9.84 Å². The number of carbonyl (C=O) groups excluding carboxylic acids is 1. The van der Waals surface area contributed by atoms with Crippen LogP contribution in [0.5, 0.6) is 17.4 Å². The maximum atomic E-state index is 12.6. The molecule has 0 aliphatic carbocycles. The van der Waals surface area contributed by atoms with Gasteiger partial charge in [0, 0.05) is 30.1 Å². The van der Waals surface area contributed by atoms with Crippen LogP contribution in [0.2, 0.25) is 0 Å². The van der Waals surface area contributed by atoms with E-state index in [0.717, 1.165) is 18.4 Å². The summed E-state index contributed by atoms with van der Waals surface area (Å²) in [6.07, 6.45) is 3.72. The van der Waals surface area contributed by atoms with Crippen LogP contribution in [-0.2, 0) is 22.1 Å². The molecule has 0 saturated carbocycles. The van der Waals surface area contributed by atoms with E-state index < -0.39 is 9.84 Å². The van der Waals surface area contributed by atoms with Crippen molar-refractivity contribution in [3.63, 3.8) is 0 Å². The molecule has 0 aliphatic heterocycles. The topological polar surface area (TPSA) is 94.6 Å².